The Kier molecular flexibility index (Phi) is 8.35. The number of para-hydroxylation sites is 2. The van der Waals surface area contributed by atoms with Crippen molar-refractivity contribution in [3.63, 3.8) is 0 Å². The molecular formula is C42H31N5O6. The maximum atomic E-state index is 13.7. The first kappa shape index (κ1) is 32.9. The van der Waals surface area contributed by atoms with E-state index >= 15 is 0 Å². The minimum absolute atomic E-state index is 0.0128. The molecule has 1 aliphatic heterocycles. The zero-order valence-electron chi connectivity index (χ0n) is 28.3. The van der Waals surface area contributed by atoms with E-state index in [2.05, 4.69) is 20.6 Å². The molecule has 6 aromatic rings. The van der Waals surface area contributed by atoms with E-state index in [4.69, 9.17) is 14.9 Å². The van der Waals surface area contributed by atoms with Crippen molar-refractivity contribution in [3.8, 4) is 22.5 Å². The third-order valence-electron chi connectivity index (χ3n) is 9.34. The molecule has 8 rings (SSSR count). The van der Waals surface area contributed by atoms with Gasteiger partial charge in [-0.05, 0) is 60.2 Å². The summed E-state index contributed by atoms with van der Waals surface area (Å²) in [6, 6.07) is 32.3. The smallest absolute Gasteiger partial charge is 0.354 e. The van der Waals surface area contributed by atoms with E-state index in [0.717, 1.165) is 22.0 Å². The number of hydrogen-bond acceptors (Lipinski definition) is 10. The number of nitrogens with one attached hydrogen (secondary N) is 2. The number of rotatable bonds is 9. The summed E-state index contributed by atoms with van der Waals surface area (Å²) in [5.74, 6) is -1.37. The average molecular weight is 702 g/mol. The molecule has 0 saturated carbocycles. The van der Waals surface area contributed by atoms with Crippen LogP contribution in [0.2, 0.25) is 0 Å². The second-order valence-corrected chi connectivity index (χ2v) is 12.4. The Morgan fingerprint density at radius 3 is 2.26 bits per heavy atom. The fourth-order valence-electron chi connectivity index (χ4n) is 6.78. The molecule has 0 spiro atoms. The summed E-state index contributed by atoms with van der Waals surface area (Å²) in [5.41, 5.74) is 12.9. The zero-order chi connectivity index (χ0) is 36.6. The Morgan fingerprint density at radius 2 is 1.49 bits per heavy atom. The van der Waals surface area contributed by atoms with Crippen molar-refractivity contribution in [3.05, 3.63) is 148 Å². The molecule has 5 N–H and O–H groups in total. The van der Waals surface area contributed by atoms with Gasteiger partial charge in [0.25, 0.3) is 0 Å². The Hall–Kier alpha value is -7.27. The number of aromatic carboxylic acids is 1. The number of carboxylic acids is 1. The molecule has 2 aliphatic rings. The van der Waals surface area contributed by atoms with Crippen LogP contribution >= 0.6 is 0 Å². The van der Waals surface area contributed by atoms with Gasteiger partial charge in [0.15, 0.2) is 5.43 Å². The first-order valence-corrected chi connectivity index (χ1v) is 16.7. The highest BCUT2D eigenvalue weighted by atomic mass is 16.5. The zero-order valence-corrected chi connectivity index (χ0v) is 28.3. The monoisotopic (exact) mass is 701 g/mol. The lowest BCUT2D eigenvalue weighted by atomic mass is 9.88. The maximum absolute atomic E-state index is 13.7. The van der Waals surface area contributed by atoms with Crippen LogP contribution < -0.4 is 21.8 Å². The molecule has 0 saturated heterocycles. The molecule has 11 nitrogen and oxygen atoms in total. The topological polar surface area (TPSA) is 170 Å². The van der Waals surface area contributed by atoms with Gasteiger partial charge < -0.3 is 30.6 Å². The van der Waals surface area contributed by atoms with Crippen molar-refractivity contribution in [2.75, 3.05) is 23.5 Å². The van der Waals surface area contributed by atoms with Crippen molar-refractivity contribution in [2.45, 2.75) is 13.1 Å². The van der Waals surface area contributed by atoms with Gasteiger partial charge in [-0.25, -0.2) is 14.6 Å². The lowest BCUT2D eigenvalue weighted by molar-refractivity contribution is 0.0600. The van der Waals surface area contributed by atoms with Gasteiger partial charge in [0, 0.05) is 57.8 Å². The number of carboxylic acid groups (broad SMARTS) is 1. The highest BCUT2D eigenvalue weighted by molar-refractivity contribution is 6.09. The number of hydrogen-bond donors (Lipinski definition) is 4. The molecule has 3 heterocycles. The van der Waals surface area contributed by atoms with Crippen LogP contribution in [0.15, 0.2) is 125 Å². The van der Waals surface area contributed by atoms with Crippen molar-refractivity contribution in [1.29, 1.82) is 0 Å². The molecule has 0 atom stereocenters. The molecule has 2 aromatic heterocycles. The quantitative estimate of drug-likeness (QED) is 0.0654. The number of esters is 1. The molecule has 0 fully saturated rings. The fraction of sp³-hybridized carbons (Fsp3) is 0.0714. The van der Waals surface area contributed by atoms with E-state index in [0.29, 0.717) is 67.0 Å². The van der Waals surface area contributed by atoms with Crippen molar-refractivity contribution in [1.82, 2.24) is 9.97 Å². The number of aromatic nitrogens is 2. The lowest BCUT2D eigenvalue weighted by Crippen LogP contribution is -2.16. The fourth-order valence-corrected chi connectivity index (χ4v) is 6.78. The standard InChI is InChI=1S/C42H31N5O6/c1-52-42(51)26-11-3-2-10-25(26)36-27-15-17-31(43)29(21-45-32-12-4-7-23-9-6-20-44-37(23)32)39(27)53-40-28(36)16-19-35(48)30(40)22-46-33-13-5-8-24-14-18-34(41(49)50)47-38(24)33/h2-20,45-46H,21-22,43H2,1H3,(H,49,50). The first-order chi connectivity index (χ1) is 25.8. The number of anilines is 3. The van der Waals surface area contributed by atoms with E-state index in [-0.39, 0.29) is 24.2 Å². The first-order valence-electron chi connectivity index (χ1n) is 16.7. The number of fused-ring (bicyclic) bond motifs is 4. The molecule has 0 unspecified atom stereocenters. The average Bonchev–Trinajstić information content (AvgIpc) is 3.18. The number of carbonyl (C=O) groups excluding carboxylic acids is 1. The summed E-state index contributed by atoms with van der Waals surface area (Å²) in [6.45, 7) is 0.267. The molecule has 53 heavy (non-hydrogen) atoms. The van der Waals surface area contributed by atoms with Gasteiger partial charge in [-0.1, -0.05) is 54.6 Å². The third-order valence-corrected chi connectivity index (χ3v) is 9.34. The Bertz CT molecular complexity index is 2770. The van der Waals surface area contributed by atoms with Crippen LogP contribution in [-0.4, -0.2) is 34.1 Å². The normalized spacial score (nSPS) is 11.3. The van der Waals surface area contributed by atoms with E-state index in [1.165, 1.54) is 19.2 Å². The summed E-state index contributed by atoms with van der Waals surface area (Å²) in [5, 5.41) is 18.8. The predicted octanol–water partition coefficient (Wildman–Crippen LogP) is 7.95. The van der Waals surface area contributed by atoms with Crippen LogP contribution in [0.25, 0.3) is 55.2 Å². The number of nitrogens with zero attached hydrogens (tertiary/aromatic N) is 2. The SMILES string of the molecule is COC(=O)c1ccccc1-c1c2ccc(=O)c(CNc3cccc4ccc(C(=O)O)nc34)c-2oc2c(CNc3cccc4cccnc34)c(N)ccc12. The summed E-state index contributed by atoms with van der Waals surface area (Å²) in [7, 11) is 1.33. The molecule has 4 aromatic carbocycles. The third kappa shape index (κ3) is 5.89. The van der Waals surface area contributed by atoms with Crippen LogP contribution in [0.3, 0.4) is 0 Å². The summed E-state index contributed by atoms with van der Waals surface area (Å²) in [6.07, 6.45) is 1.74. The van der Waals surface area contributed by atoms with Gasteiger partial charge in [0.1, 0.15) is 17.0 Å². The van der Waals surface area contributed by atoms with E-state index in [9.17, 15) is 19.5 Å². The second kappa shape index (κ2) is 13.5. The van der Waals surface area contributed by atoms with Crippen LogP contribution in [0.5, 0.6) is 0 Å². The van der Waals surface area contributed by atoms with Gasteiger partial charge >= 0.3 is 11.9 Å². The second-order valence-electron chi connectivity index (χ2n) is 12.4. The Morgan fingerprint density at radius 1 is 0.774 bits per heavy atom. The van der Waals surface area contributed by atoms with Crippen LogP contribution in [0.4, 0.5) is 17.1 Å². The number of nitrogens with two attached hydrogens (primary N) is 1. The van der Waals surface area contributed by atoms with Gasteiger partial charge in [-0.3, -0.25) is 9.78 Å². The molecule has 0 radical (unpaired) electrons. The molecule has 0 amide bonds. The van der Waals surface area contributed by atoms with Crippen LogP contribution in [-0.2, 0) is 17.8 Å². The van der Waals surface area contributed by atoms with Gasteiger partial charge in [-0.15, -0.1) is 0 Å². The van der Waals surface area contributed by atoms with Crippen molar-refractivity contribution in [2.24, 2.45) is 0 Å². The van der Waals surface area contributed by atoms with E-state index in [1.807, 2.05) is 60.7 Å². The number of ether oxygens (including phenoxy) is 1. The van der Waals surface area contributed by atoms with Gasteiger partial charge in [0.05, 0.1) is 40.6 Å². The lowest BCUT2D eigenvalue weighted by Gasteiger charge is -2.21. The number of pyridine rings is 2. The molecule has 1 aliphatic carbocycles. The van der Waals surface area contributed by atoms with E-state index < -0.39 is 11.9 Å². The summed E-state index contributed by atoms with van der Waals surface area (Å²) >= 11 is 0. The molecule has 11 heteroatoms. The number of nitrogen functional groups attached to an aromatic ring is 1. The summed E-state index contributed by atoms with van der Waals surface area (Å²) in [4.78, 5) is 47.5. The molecular weight excluding hydrogens is 670 g/mol. The minimum atomic E-state index is -1.15. The Balaban J connectivity index is 1.32. The van der Waals surface area contributed by atoms with Crippen molar-refractivity contribution < 1.29 is 23.8 Å². The largest absolute Gasteiger partial charge is 0.477 e. The molecule has 260 valence electrons. The van der Waals surface area contributed by atoms with Gasteiger partial charge in [0.2, 0.25) is 0 Å². The minimum Gasteiger partial charge on any atom is -0.477 e. The highest BCUT2D eigenvalue weighted by Gasteiger charge is 2.26. The van der Waals surface area contributed by atoms with Gasteiger partial charge in [-0.2, -0.15) is 0 Å². The number of methoxy groups -OCH3 is 1. The molecule has 0 bridgehead atoms. The van der Waals surface area contributed by atoms with E-state index in [1.54, 1.807) is 42.6 Å². The summed E-state index contributed by atoms with van der Waals surface area (Å²) < 4.78 is 12.0. The maximum Gasteiger partial charge on any atom is 0.354 e. The van der Waals surface area contributed by atoms with Crippen LogP contribution in [0.1, 0.15) is 32.0 Å². The Labute approximate surface area is 302 Å². The number of benzene rings is 5. The van der Waals surface area contributed by atoms with Crippen LogP contribution in [0, 0.1) is 0 Å². The highest BCUT2D eigenvalue weighted by Crippen LogP contribution is 2.44. The van der Waals surface area contributed by atoms with Crippen molar-refractivity contribution >= 4 is 61.8 Å². The number of carbonyl (C=O) groups is 2. The predicted molar refractivity (Wildman–Crippen MR) is 205 cm³/mol.